The molecule has 0 fully saturated rings. The van der Waals surface area contributed by atoms with Crippen molar-refractivity contribution in [2.45, 2.75) is 6.54 Å². The van der Waals surface area contributed by atoms with Crippen LogP contribution in [-0.4, -0.2) is 25.3 Å². The Bertz CT molecular complexity index is 726. The lowest BCUT2D eigenvalue weighted by Gasteiger charge is -2.12. The molecule has 0 amide bonds. The summed E-state index contributed by atoms with van der Waals surface area (Å²) in [6.07, 6.45) is 0. The smallest absolute Gasteiger partial charge is 0.193 e. The van der Waals surface area contributed by atoms with E-state index < -0.39 is 11.6 Å². The van der Waals surface area contributed by atoms with E-state index in [9.17, 15) is 4.39 Å². The fourth-order valence-electron chi connectivity index (χ4n) is 1.91. The lowest BCUT2D eigenvalue weighted by Crippen LogP contribution is -2.23. The van der Waals surface area contributed by atoms with Gasteiger partial charge in [-0.1, -0.05) is 6.07 Å². The second-order valence-corrected chi connectivity index (χ2v) is 4.68. The fraction of sp³-hybridized carbons (Fsp3) is 0.188. The second-order valence-electron chi connectivity index (χ2n) is 4.68. The van der Waals surface area contributed by atoms with Gasteiger partial charge in [-0.2, -0.15) is 0 Å². The molecule has 2 aromatic rings. The molecule has 0 spiro atoms. The number of hydrogen-bond donors (Lipinski definition) is 3. The monoisotopic (exact) mass is 447 g/mol. The number of phenols is 1. The Kier molecular flexibility index (Phi) is 7.56. The molecule has 0 radical (unpaired) electrons. The first-order valence-corrected chi connectivity index (χ1v) is 6.80. The molecule has 24 heavy (non-hydrogen) atoms. The molecule has 0 aliphatic rings. The minimum Gasteiger partial charge on any atom is -0.505 e. The van der Waals surface area contributed by atoms with E-state index in [4.69, 9.17) is 20.3 Å². The van der Waals surface area contributed by atoms with Crippen molar-refractivity contribution in [3.63, 3.8) is 0 Å². The van der Waals surface area contributed by atoms with Crippen molar-refractivity contribution in [1.29, 1.82) is 0 Å². The summed E-state index contributed by atoms with van der Waals surface area (Å²) in [6, 6.07) is 9.27. The molecule has 0 aliphatic carbocycles. The molecule has 0 saturated carbocycles. The zero-order valence-corrected chi connectivity index (χ0v) is 15.6. The minimum atomic E-state index is -0.696. The molecule has 6 nitrogen and oxygen atoms in total. The summed E-state index contributed by atoms with van der Waals surface area (Å²) in [4.78, 5) is 4.13. The Balaban J connectivity index is 0.00000288. The number of phenolic OH excluding ortho intramolecular Hbond substituents is 1. The Labute approximate surface area is 156 Å². The number of aromatic hydroxyl groups is 1. The third kappa shape index (κ3) is 5.15. The molecule has 2 aromatic carbocycles. The number of guanidine groups is 1. The van der Waals surface area contributed by atoms with Crippen LogP contribution in [-0.2, 0) is 6.54 Å². The number of rotatable bonds is 5. The quantitative estimate of drug-likeness (QED) is 0.373. The van der Waals surface area contributed by atoms with Gasteiger partial charge < -0.3 is 25.6 Å². The number of aliphatic imine (C=N–C) groups is 1. The van der Waals surface area contributed by atoms with Crippen molar-refractivity contribution in [3.8, 4) is 17.2 Å². The van der Waals surface area contributed by atoms with Crippen molar-refractivity contribution in [2.75, 3.05) is 19.5 Å². The predicted octanol–water partition coefficient (Wildman–Crippen LogP) is 3.09. The van der Waals surface area contributed by atoms with E-state index in [2.05, 4.69) is 10.3 Å². The van der Waals surface area contributed by atoms with Gasteiger partial charge in [0.2, 0.25) is 0 Å². The van der Waals surface area contributed by atoms with Crippen molar-refractivity contribution < 1.29 is 19.0 Å². The summed E-state index contributed by atoms with van der Waals surface area (Å²) < 4.78 is 23.6. The first kappa shape index (κ1) is 19.8. The molecular formula is C16H19FIN3O3. The van der Waals surface area contributed by atoms with Crippen molar-refractivity contribution in [1.82, 2.24) is 0 Å². The van der Waals surface area contributed by atoms with Crippen molar-refractivity contribution >= 4 is 35.6 Å². The Morgan fingerprint density at radius 2 is 1.96 bits per heavy atom. The lowest BCUT2D eigenvalue weighted by atomic mass is 10.2. The van der Waals surface area contributed by atoms with Crippen LogP contribution in [0.15, 0.2) is 41.4 Å². The van der Waals surface area contributed by atoms with Crippen LogP contribution in [0.4, 0.5) is 10.1 Å². The first-order chi connectivity index (χ1) is 11.0. The molecule has 0 unspecified atom stereocenters. The number of methoxy groups -OCH3 is 2. The van der Waals surface area contributed by atoms with Crippen LogP contribution in [0.25, 0.3) is 0 Å². The van der Waals surface area contributed by atoms with Gasteiger partial charge in [-0.05, 0) is 29.8 Å². The third-order valence-corrected chi connectivity index (χ3v) is 3.11. The average Bonchev–Trinajstić information content (AvgIpc) is 2.55. The molecule has 0 aromatic heterocycles. The molecule has 0 atom stereocenters. The molecule has 0 bridgehead atoms. The number of hydrogen-bond acceptors (Lipinski definition) is 4. The number of anilines is 1. The van der Waals surface area contributed by atoms with Gasteiger partial charge in [0.15, 0.2) is 17.5 Å². The van der Waals surface area contributed by atoms with Gasteiger partial charge in [0.1, 0.15) is 11.5 Å². The maximum atomic E-state index is 13.3. The van der Waals surface area contributed by atoms with Crippen LogP contribution in [0, 0.1) is 5.82 Å². The first-order valence-electron chi connectivity index (χ1n) is 6.80. The zero-order valence-electron chi connectivity index (χ0n) is 13.2. The molecule has 8 heteroatoms. The Hall–Kier alpha value is -2.23. The van der Waals surface area contributed by atoms with Crippen LogP contribution in [0.1, 0.15) is 5.56 Å². The number of nitrogens with zero attached hydrogens (tertiary/aromatic N) is 1. The van der Waals surface area contributed by atoms with Crippen molar-refractivity contribution in [3.05, 3.63) is 47.8 Å². The molecule has 2 rings (SSSR count). The third-order valence-electron chi connectivity index (χ3n) is 3.11. The Morgan fingerprint density at radius 3 is 2.58 bits per heavy atom. The van der Waals surface area contributed by atoms with E-state index in [1.807, 2.05) is 0 Å². The summed E-state index contributed by atoms with van der Waals surface area (Å²) in [5.41, 5.74) is 7.02. The molecule has 0 aliphatic heterocycles. The van der Waals surface area contributed by atoms with E-state index in [1.165, 1.54) is 12.1 Å². The predicted molar refractivity (Wildman–Crippen MR) is 102 cm³/mol. The van der Waals surface area contributed by atoms with Gasteiger partial charge in [-0.15, -0.1) is 24.0 Å². The van der Waals surface area contributed by atoms with E-state index in [-0.39, 0.29) is 36.5 Å². The molecule has 0 saturated heterocycles. The Morgan fingerprint density at radius 1 is 1.21 bits per heavy atom. The number of nitrogens with two attached hydrogens (primary N) is 1. The van der Waals surface area contributed by atoms with Gasteiger partial charge in [-0.3, -0.25) is 0 Å². The maximum Gasteiger partial charge on any atom is 0.193 e. The van der Waals surface area contributed by atoms with E-state index in [0.29, 0.717) is 22.7 Å². The van der Waals surface area contributed by atoms with Crippen molar-refractivity contribution in [2.24, 2.45) is 10.7 Å². The maximum absolute atomic E-state index is 13.3. The van der Waals surface area contributed by atoms with Crippen LogP contribution < -0.4 is 20.5 Å². The summed E-state index contributed by atoms with van der Waals surface area (Å²) in [5.74, 6) is 0.273. The summed E-state index contributed by atoms with van der Waals surface area (Å²) in [7, 11) is 3.10. The van der Waals surface area contributed by atoms with E-state index in [1.54, 1.807) is 38.5 Å². The lowest BCUT2D eigenvalue weighted by molar-refractivity contribution is 0.405. The highest BCUT2D eigenvalue weighted by Crippen LogP contribution is 2.28. The topological polar surface area (TPSA) is 89.1 Å². The number of nitrogens with one attached hydrogen (secondary N) is 1. The number of benzene rings is 2. The molecule has 0 heterocycles. The highest BCUT2D eigenvalue weighted by atomic mass is 127. The summed E-state index contributed by atoms with van der Waals surface area (Å²) in [6.45, 7) is 0.169. The highest BCUT2D eigenvalue weighted by molar-refractivity contribution is 14.0. The molecular weight excluding hydrogens is 428 g/mol. The summed E-state index contributed by atoms with van der Waals surface area (Å²) in [5, 5.41) is 12.1. The van der Waals surface area contributed by atoms with Gasteiger partial charge in [0, 0.05) is 6.07 Å². The molecule has 130 valence electrons. The van der Waals surface area contributed by atoms with E-state index in [0.717, 1.165) is 0 Å². The SMILES string of the molecule is COc1ccc(OC)c(NC(N)=NCc2ccc(O)c(F)c2)c1.I. The highest BCUT2D eigenvalue weighted by Gasteiger charge is 2.06. The number of ether oxygens (including phenoxy) is 2. The van der Waals surface area contributed by atoms with Crippen LogP contribution in [0.2, 0.25) is 0 Å². The average molecular weight is 447 g/mol. The largest absolute Gasteiger partial charge is 0.505 e. The van der Waals surface area contributed by atoms with Crippen LogP contribution in [0.3, 0.4) is 0 Å². The normalized spacial score (nSPS) is 10.7. The van der Waals surface area contributed by atoms with Gasteiger partial charge >= 0.3 is 0 Å². The van der Waals surface area contributed by atoms with Gasteiger partial charge in [0.25, 0.3) is 0 Å². The second kappa shape index (κ2) is 9.16. The zero-order chi connectivity index (χ0) is 16.8. The minimum absolute atomic E-state index is 0. The van der Waals surface area contributed by atoms with Crippen LogP contribution >= 0.6 is 24.0 Å². The van der Waals surface area contributed by atoms with Gasteiger partial charge in [-0.25, -0.2) is 9.38 Å². The summed E-state index contributed by atoms with van der Waals surface area (Å²) >= 11 is 0. The fourth-order valence-corrected chi connectivity index (χ4v) is 1.91. The van der Waals surface area contributed by atoms with E-state index >= 15 is 0 Å². The van der Waals surface area contributed by atoms with Gasteiger partial charge in [0.05, 0.1) is 26.5 Å². The number of halogens is 2. The standard InChI is InChI=1S/C16H18FN3O3.HI/c1-22-11-4-6-15(23-2)13(8-11)20-16(18)19-9-10-3-5-14(21)12(17)7-10;/h3-8,21H,9H2,1-2H3,(H3,18,19,20);1H. The van der Waals surface area contributed by atoms with Crippen LogP contribution in [0.5, 0.6) is 17.2 Å². The molecule has 4 N–H and O–H groups in total.